The Bertz CT molecular complexity index is 1010. The highest BCUT2D eigenvalue weighted by atomic mass is 32.2. The number of carbonyl (C=O) groups is 1. The summed E-state index contributed by atoms with van der Waals surface area (Å²) in [5.41, 5.74) is 1.43. The predicted octanol–water partition coefficient (Wildman–Crippen LogP) is 3.83. The number of nitrogens with zero attached hydrogens (tertiary/aromatic N) is 1. The molecule has 0 saturated carbocycles. The minimum absolute atomic E-state index is 0.137. The monoisotopic (exact) mass is 432 g/mol. The number of benzene rings is 2. The molecule has 0 radical (unpaired) electrons. The van der Waals surface area contributed by atoms with Crippen molar-refractivity contribution in [3.05, 3.63) is 47.5 Å². The van der Waals surface area contributed by atoms with Gasteiger partial charge in [0.25, 0.3) is 5.91 Å². The van der Waals surface area contributed by atoms with Crippen molar-refractivity contribution in [2.75, 3.05) is 32.6 Å². The van der Waals surface area contributed by atoms with Crippen molar-refractivity contribution in [1.82, 2.24) is 4.31 Å². The number of methoxy groups -OCH3 is 2. The second kappa shape index (κ2) is 9.49. The van der Waals surface area contributed by atoms with Gasteiger partial charge in [-0.2, -0.15) is 4.31 Å². The van der Waals surface area contributed by atoms with Crippen molar-refractivity contribution in [2.45, 2.75) is 37.5 Å². The Balaban J connectivity index is 1.91. The van der Waals surface area contributed by atoms with Crippen molar-refractivity contribution >= 4 is 21.6 Å². The van der Waals surface area contributed by atoms with Crippen LogP contribution in [-0.4, -0.2) is 45.9 Å². The van der Waals surface area contributed by atoms with Gasteiger partial charge in [-0.3, -0.25) is 4.79 Å². The molecule has 0 unspecified atom stereocenters. The second-order valence-electron chi connectivity index (χ2n) is 7.32. The van der Waals surface area contributed by atoms with Gasteiger partial charge >= 0.3 is 0 Å². The molecule has 0 aliphatic carbocycles. The van der Waals surface area contributed by atoms with E-state index in [2.05, 4.69) is 5.32 Å². The Morgan fingerprint density at radius 2 is 1.67 bits per heavy atom. The number of ether oxygens (including phenoxy) is 2. The predicted molar refractivity (Wildman–Crippen MR) is 116 cm³/mol. The Morgan fingerprint density at radius 1 is 0.967 bits per heavy atom. The molecule has 2 aromatic rings. The number of anilines is 1. The molecule has 1 amide bonds. The molecule has 3 rings (SSSR count). The van der Waals surface area contributed by atoms with Crippen LogP contribution in [0.3, 0.4) is 0 Å². The molecule has 30 heavy (non-hydrogen) atoms. The van der Waals surface area contributed by atoms with Crippen LogP contribution < -0.4 is 14.8 Å². The molecule has 0 aromatic heterocycles. The Morgan fingerprint density at radius 3 is 2.30 bits per heavy atom. The molecule has 162 valence electrons. The van der Waals surface area contributed by atoms with Gasteiger partial charge in [0.05, 0.1) is 24.8 Å². The average Bonchev–Trinajstić information content (AvgIpc) is 3.04. The Hall–Kier alpha value is -2.58. The smallest absolute Gasteiger partial charge is 0.256 e. The van der Waals surface area contributed by atoms with E-state index in [1.54, 1.807) is 37.3 Å². The van der Waals surface area contributed by atoms with Gasteiger partial charge in [-0.25, -0.2) is 8.42 Å². The normalized spacial score (nSPS) is 15.3. The number of rotatable bonds is 6. The first-order chi connectivity index (χ1) is 14.4. The summed E-state index contributed by atoms with van der Waals surface area (Å²) in [6.45, 7) is 2.80. The summed E-state index contributed by atoms with van der Waals surface area (Å²) in [6.07, 6.45) is 3.79. The SMILES string of the molecule is COc1ccc(OC)c(NC(=O)c2cc(S(=O)(=O)N3CCCCCC3)ccc2C)c1. The molecule has 1 saturated heterocycles. The zero-order chi connectivity index (χ0) is 21.7. The summed E-state index contributed by atoms with van der Waals surface area (Å²) in [4.78, 5) is 13.1. The van der Waals surface area contributed by atoms with Crippen LogP contribution in [-0.2, 0) is 10.0 Å². The fourth-order valence-electron chi connectivity index (χ4n) is 3.54. The lowest BCUT2D eigenvalue weighted by Gasteiger charge is -2.20. The highest BCUT2D eigenvalue weighted by Crippen LogP contribution is 2.30. The maximum absolute atomic E-state index is 13.1. The van der Waals surface area contributed by atoms with Gasteiger partial charge in [0, 0.05) is 24.7 Å². The van der Waals surface area contributed by atoms with Crippen LogP contribution in [0.25, 0.3) is 0 Å². The van der Waals surface area contributed by atoms with Gasteiger partial charge in [-0.05, 0) is 49.6 Å². The molecule has 1 N–H and O–H groups in total. The van der Waals surface area contributed by atoms with Gasteiger partial charge in [-0.15, -0.1) is 0 Å². The molecule has 0 atom stereocenters. The average molecular weight is 433 g/mol. The van der Waals surface area contributed by atoms with E-state index in [1.165, 1.54) is 24.6 Å². The van der Waals surface area contributed by atoms with Crippen molar-refractivity contribution < 1.29 is 22.7 Å². The summed E-state index contributed by atoms with van der Waals surface area (Å²) in [6, 6.07) is 9.78. The van der Waals surface area contributed by atoms with Crippen LogP contribution in [0.15, 0.2) is 41.3 Å². The molecular weight excluding hydrogens is 404 g/mol. The van der Waals surface area contributed by atoms with Gasteiger partial charge in [0.15, 0.2) is 0 Å². The molecule has 0 spiro atoms. The van der Waals surface area contributed by atoms with E-state index in [1.807, 2.05) is 0 Å². The molecule has 1 fully saturated rings. The summed E-state index contributed by atoms with van der Waals surface area (Å²) in [5, 5.41) is 2.81. The summed E-state index contributed by atoms with van der Waals surface area (Å²) in [7, 11) is -0.598. The number of carbonyl (C=O) groups excluding carboxylic acids is 1. The first kappa shape index (κ1) is 22.1. The topological polar surface area (TPSA) is 84.9 Å². The number of hydrogen-bond donors (Lipinski definition) is 1. The van der Waals surface area contributed by atoms with Crippen LogP contribution in [0, 0.1) is 6.92 Å². The van der Waals surface area contributed by atoms with E-state index >= 15 is 0 Å². The van der Waals surface area contributed by atoms with E-state index in [0.29, 0.717) is 41.4 Å². The number of aryl methyl sites for hydroxylation is 1. The lowest BCUT2D eigenvalue weighted by atomic mass is 10.1. The molecule has 1 aliphatic rings. The molecule has 0 bridgehead atoms. The lowest BCUT2D eigenvalue weighted by molar-refractivity contribution is 0.102. The first-order valence-electron chi connectivity index (χ1n) is 10.0. The Kier molecular flexibility index (Phi) is 6.99. The third kappa shape index (κ3) is 4.76. The minimum atomic E-state index is -3.65. The highest BCUT2D eigenvalue weighted by Gasteiger charge is 2.26. The van der Waals surface area contributed by atoms with Gasteiger partial charge in [0.1, 0.15) is 11.5 Å². The standard InChI is InChI=1S/C22H28N2O5S/c1-16-8-10-18(30(26,27)24-12-6-4-5-7-13-24)15-19(16)22(25)23-20-14-17(28-2)9-11-21(20)29-3/h8-11,14-15H,4-7,12-13H2,1-3H3,(H,23,25). The van der Waals surface area contributed by atoms with Crippen LogP contribution in [0.2, 0.25) is 0 Å². The van der Waals surface area contributed by atoms with Gasteiger partial charge in [0.2, 0.25) is 10.0 Å². The second-order valence-corrected chi connectivity index (χ2v) is 9.25. The molecular formula is C22H28N2O5S. The van der Waals surface area contributed by atoms with Gasteiger partial charge in [-0.1, -0.05) is 18.9 Å². The third-order valence-electron chi connectivity index (χ3n) is 5.31. The van der Waals surface area contributed by atoms with E-state index in [4.69, 9.17) is 9.47 Å². The molecule has 1 aliphatic heterocycles. The maximum atomic E-state index is 13.1. The number of sulfonamides is 1. The molecule has 2 aromatic carbocycles. The van der Waals surface area contributed by atoms with Crippen molar-refractivity contribution in [1.29, 1.82) is 0 Å². The fourth-order valence-corrected chi connectivity index (χ4v) is 5.08. The molecule has 1 heterocycles. The van der Waals surface area contributed by atoms with Crippen molar-refractivity contribution in [2.24, 2.45) is 0 Å². The quantitative estimate of drug-likeness (QED) is 0.750. The Labute approximate surface area is 178 Å². The van der Waals surface area contributed by atoms with Crippen molar-refractivity contribution in [3.63, 3.8) is 0 Å². The fraction of sp³-hybridized carbons (Fsp3) is 0.409. The number of nitrogens with one attached hydrogen (secondary N) is 1. The lowest BCUT2D eigenvalue weighted by Crippen LogP contribution is -2.32. The van der Waals surface area contributed by atoms with Crippen LogP contribution in [0.4, 0.5) is 5.69 Å². The van der Waals surface area contributed by atoms with Crippen LogP contribution in [0.1, 0.15) is 41.6 Å². The summed E-state index contributed by atoms with van der Waals surface area (Å²) >= 11 is 0. The van der Waals surface area contributed by atoms with E-state index < -0.39 is 15.9 Å². The summed E-state index contributed by atoms with van der Waals surface area (Å²) in [5.74, 6) is 0.641. The zero-order valence-electron chi connectivity index (χ0n) is 17.6. The number of amides is 1. The number of hydrogen-bond acceptors (Lipinski definition) is 5. The van der Waals surface area contributed by atoms with Crippen LogP contribution in [0.5, 0.6) is 11.5 Å². The largest absolute Gasteiger partial charge is 0.497 e. The molecule has 8 heteroatoms. The van der Waals surface area contributed by atoms with Gasteiger partial charge < -0.3 is 14.8 Å². The van der Waals surface area contributed by atoms with Crippen molar-refractivity contribution in [3.8, 4) is 11.5 Å². The van der Waals surface area contributed by atoms with E-state index in [0.717, 1.165) is 25.7 Å². The summed E-state index contributed by atoms with van der Waals surface area (Å²) < 4.78 is 38.3. The minimum Gasteiger partial charge on any atom is -0.497 e. The van der Waals surface area contributed by atoms with Crippen LogP contribution >= 0.6 is 0 Å². The maximum Gasteiger partial charge on any atom is 0.256 e. The zero-order valence-corrected chi connectivity index (χ0v) is 18.4. The first-order valence-corrected chi connectivity index (χ1v) is 11.4. The van der Waals surface area contributed by atoms with E-state index in [9.17, 15) is 13.2 Å². The third-order valence-corrected chi connectivity index (χ3v) is 7.21. The molecule has 7 nitrogen and oxygen atoms in total. The highest BCUT2D eigenvalue weighted by molar-refractivity contribution is 7.89. The van der Waals surface area contributed by atoms with E-state index in [-0.39, 0.29) is 4.90 Å².